The zero-order chi connectivity index (χ0) is 16.4. The minimum atomic E-state index is -1.07. The molecule has 1 aliphatic carbocycles. The third-order valence-corrected chi connectivity index (χ3v) is 4.33. The Morgan fingerprint density at radius 3 is 2.41 bits per heavy atom. The first-order valence-electron chi connectivity index (χ1n) is 7.43. The molecule has 1 aromatic rings. The molecule has 0 aromatic heterocycles. The fraction of sp³-hybridized carbons (Fsp3) is 0.562. The Kier molecular flexibility index (Phi) is 4.82. The van der Waals surface area contributed by atoms with Crippen LogP contribution in [-0.4, -0.2) is 12.5 Å². The quantitative estimate of drug-likeness (QED) is 0.821. The van der Waals surface area contributed by atoms with E-state index in [2.05, 4.69) is 5.48 Å². The van der Waals surface area contributed by atoms with Gasteiger partial charge in [-0.25, -0.2) is 13.6 Å². The molecule has 22 heavy (non-hydrogen) atoms. The second-order valence-corrected chi connectivity index (χ2v) is 6.55. The van der Waals surface area contributed by atoms with Crippen LogP contribution in [0.3, 0.4) is 0 Å². The summed E-state index contributed by atoms with van der Waals surface area (Å²) in [5.74, 6) is -1.70. The summed E-state index contributed by atoms with van der Waals surface area (Å²) in [6.07, 6.45) is 3.65. The largest absolute Gasteiger partial charge is 0.370 e. The molecule has 0 radical (unpaired) electrons. The molecule has 0 spiro atoms. The zero-order valence-electron chi connectivity index (χ0n) is 12.9. The van der Waals surface area contributed by atoms with Crippen LogP contribution in [-0.2, 0) is 15.2 Å². The molecule has 0 amide bonds. The summed E-state index contributed by atoms with van der Waals surface area (Å²) in [4.78, 5) is 17.1. The SMILES string of the molecule is CC1(C(=O)ONCC(C)(N)c2cc(F)cc(F)c2)CCCC1. The van der Waals surface area contributed by atoms with Crippen molar-refractivity contribution in [1.29, 1.82) is 0 Å². The van der Waals surface area contributed by atoms with Crippen LogP contribution in [0.25, 0.3) is 0 Å². The van der Waals surface area contributed by atoms with Gasteiger partial charge in [0.05, 0.1) is 17.5 Å². The molecular formula is C16H22F2N2O2. The molecule has 1 unspecified atom stereocenters. The summed E-state index contributed by atoms with van der Waals surface area (Å²) < 4.78 is 26.5. The number of carbonyl (C=O) groups excluding carboxylic acids is 1. The maximum absolute atomic E-state index is 13.3. The number of hydrogen-bond acceptors (Lipinski definition) is 4. The van der Waals surface area contributed by atoms with Crippen molar-refractivity contribution in [2.24, 2.45) is 11.1 Å². The van der Waals surface area contributed by atoms with E-state index < -0.39 is 22.6 Å². The highest BCUT2D eigenvalue weighted by atomic mass is 19.1. The minimum absolute atomic E-state index is 0.0533. The molecule has 4 nitrogen and oxygen atoms in total. The third kappa shape index (κ3) is 3.81. The maximum Gasteiger partial charge on any atom is 0.330 e. The van der Waals surface area contributed by atoms with Crippen LogP contribution in [0.1, 0.15) is 45.1 Å². The van der Waals surface area contributed by atoms with Gasteiger partial charge in [0.1, 0.15) is 11.6 Å². The molecule has 1 aromatic carbocycles. The lowest BCUT2D eigenvalue weighted by molar-refractivity contribution is -0.163. The van der Waals surface area contributed by atoms with Gasteiger partial charge in [-0.1, -0.05) is 12.8 Å². The fourth-order valence-electron chi connectivity index (χ4n) is 2.72. The Hall–Kier alpha value is -1.53. The van der Waals surface area contributed by atoms with Crippen LogP contribution in [0.5, 0.6) is 0 Å². The van der Waals surface area contributed by atoms with Crippen molar-refractivity contribution in [3.63, 3.8) is 0 Å². The van der Waals surface area contributed by atoms with Gasteiger partial charge in [0.2, 0.25) is 0 Å². The highest BCUT2D eigenvalue weighted by Gasteiger charge is 2.38. The lowest BCUT2D eigenvalue weighted by Gasteiger charge is -2.27. The van der Waals surface area contributed by atoms with Gasteiger partial charge in [-0.3, -0.25) is 0 Å². The molecule has 0 bridgehead atoms. The van der Waals surface area contributed by atoms with E-state index in [1.807, 2.05) is 6.92 Å². The standard InChI is InChI=1S/C16H22F2N2O2/c1-15(5-3-4-6-15)14(21)22-20-10-16(2,19)11-7-12(17)9-13(18)8-11/h7-9,20H,3-6,10,19H2,1-2H3. The number of nitrogens with one attached hydrogen (secondary N) is 1. The molecule has 0 aliphatic heterocycles. The highest BCUT2D eigenvalue weighted by Crippen LogP contribution is 2.38. The number of hydrogen-bond donors (Lipinski definition) is 2. The van der Waals surface area contributed by atoms with E-state index in [1.54, 1.807) is 6.92 Å². The summed E-state index contributed by atoms with van der Waals surface area (Å²) in [6.45, 7) is 3.55. The van der Waals surface area contributed by atoms with Gasteiger partial charge in [0, 0.05) is 6.07 Å². The molecular weight excluding hydrogens is 290 g/mol. The molecule has 0 heterocycles. The summed E-state index contributed by atoms with van der Waals surface area (Å²) in [5.41, 5.74) is 7.37. The van der Waals surface area contributed by atoms with Crippen LogP contribution in [0.4, 0.5) is 8.78 Å². The molecule has 6 heteroatoms. The first-order chi connectivity index (χ1) is 10.2. The lowest BCUT2D eigenvalue weighted by Crippen LogP contribution is -2.45. The van der Waals surface area contributed by atoms with Crippen LogP contribution in [0.15, 0.2) is 18.2 Å². The molecule has 1 saturated carbocycles. The number of hydroxylamine groups is 1. The van der Waals surface area contributed by atoms with Gasteiger partial charge in [0.25, 0.3) is 0 Å². The zero-order valence-corrected chi connectivity index (χ0v) is 12.9. The molecule has 0 saturated heterocycles. The average Bonchev–Trinajstić information content (AvgIpc) is 2.85. The number of carbonyl (C=O) groups is 1. The number of benzene rings is 1. The molecule has 122 valence electrons. The van der Waals surface area contributed by atoms with E-state index >= 15 is 0 Å². The van der Waals surface area contributed by atoms with Gasteiger partial charge >= 0.3 is 5.97 Å². The molecule has 3 N–H and O–H groups in total. The topological polar surface area (TPSA) is 64.3 Å². The summed E-state index contributed by atoms with van der Waals surface area (Å²) in [5, 5.41) is 0. The smallest absolute Gasteiger partial charge is 0.330 e. The Balaban J connectivity index is 1.93. The van der Waals surface area contributed by atoms with Crippen LogP contribution in [0.2, 0.25) is 0 Å². The van der Waals surface area contributed by atoms with E-state index in [0.717, 1.165) is 31.7 Å². The van der Waals surface area contributed by atoms with Gasteiger partial charge in [-0.15, -0.1) is 0 Å². The van der Waals surface area contributed by atoms with Crippen molar-refractivity contribution < 1.29 is 18.4 Å². The fourth-order valence-corrected chi connectivity index (χ4v) is 2.72. The van der Waals surface area contributed by atoms with E-state index in [-0.39, 0.29) is 12.5 Å². The van der Waals surface area contributed by atoms with Gasteiger partial charge in [-0.2, -0.15) is 5.48 Å². The third-order valence-electron chi connectivity index (χ3n) is 4.33. The van der Waals surface area contributed by atoms with Gasteiger partial charge in [-0.05, 0) is 44.4 Å². The van der Waals surface area contributed by atoms with E-state index in [9.17, 15) is 13.6 Å². The summed E-state index contributed by atoms with van der Waals surface area (Å²) in [7, 11) is 0. The normalized spacial score (nSPS) is 19.7. The number of nitrogens with two attached hydrogens (primary N) is 1. The predicted molar refractivity (Wildman–Crippen MR) is 78.6 cm³/mol. The highest BCUT2D eigenvalue weighted by molar-refractivity contribution is 5.76. The van der Waals surface area contributed by atoms with Gasteiger partial charge in [0.15, 0.2) is 0 Å². The van der Waals surface area contributed by atoms with E-state index in [1.165, 1.54) is 12.1 Å². The second kappa shape index (κ2) is 6.30. The Labute approximate surface area is 129 Å². The first-order valence-corrected chi connectivity index (χ1v) is 7.43. The monoisotopic (exact) mass is 312 g/mol. The van der Waals surface area contributed by atoms with Gasteiger partial charge < -0.3 is 10.6 Å². The van der Waals surface area contributed by atoms with E-state index in [0.29, 0.717) is 5.56 Å². The second-order valence-electron chi connectivity index (χ2n) is 6.55. The molecule has 2 rings (SSSR count). The van der Waals surface area contributed by atoms with Crippen molar-refractivity contribution in [2.75, 3.05) is 6.54 Å². The Morgan fingerprint density at radius 2 is 1.86 bits per heavy atom. The van der Waals surface area contributed by atoms with Crippen molar-refractivity contribution in [3.8, 4) is 0 Å². The lowest BCUT2D eigenvalue weighted by atomic mass is 9.89. The Morgan fingerprint density at radius 1 is 1.32 bits per heavy atom. The van der Waals surface area contributed by atoms with Crippen LogP contribution >= 0.6 is 0 Å². The number of halogens is 2. The van der Waals surface area contributed by atoms with Crippen molar-refractivity contribution >= 4 is 5.97 Å². The molecule has 1 aliphatic rings. The predicted octanol–water partition coefficient (Wildman–Crippen LogP) is 2.77. The Bertz CT molecular complexity index is 535. The van der Waals surface area contributed by atoms with E-state index in [4.69, 9.17) is 10.6 Å². The van der Waals surface area contributed by atoms with Crippen molar-refractivity contribution in [1.82, 2.24) is 5.48 Å². The molecule has 1 fully saturated rings. The van der Waals surface area contributed by atoms with Crippen LogP contribution in [0, 0.1) is 17.0 Å². The average molecular weight is 312 g/mol. The minimum Gasteiger partial charge on any atom is -0.370 e. The molecule has 1 atom stereocenters. The van der Waals surface area contributed by atoms with Crippen molar-refractivity contribution in [2.45, 2.75) is 45.1 Å². The summed E-state index contributed by atoms with van der Waals surface area (Å²) in [6, 6.07) is 3.13. The summed E-state index contributed by atoms with van der Waals surface area (Å²) >= 11 is 0. The maximum atomic E-state index is 13.3. The first kappa shape index (κ1) is 16.8. The van der Waals surface area contributed by atoms with Crippen molar-refractivity contribution in [3.05, 3.63) is 35.4 Å². The van der Waals surface area contributed by atoms with Crippen LogP contribution < -0.4 is 11.2 Å². The number of rotatable bonds is 5.